The molecule has 2 heterocycles. The van der Waals surface area contributed by atoms with Crippen LogP contribution in [0, 0.1) is 0 Å². The highest BCUT2D eigenvalue weighted by Gasteiger charge is 2.19. The van der Waals surface area contributed by atoms with Crippen LogP contribution in [0.4, 0.5) is 5.82 Å². The van der Waals surface area contributed by atoms with Crippen molar-refractivity contribution in [1.82, 2.24) is 15.3 Å². The van der Waals surface area contributed by atoms with Crippen molar-refractivity contribution in [1.29, 1.82) is 0 Å². The van der Waals surface area contributed by atoms with Gasteiger partial charge < -0.3 is 10.6 Å². The second-order valence-corrected chi connectivity index (χ2v) is 9.86. The van der Waals surface area contributed by atoms with Gasteiger partial charge in [-0.15, -0.1) is 11.3 Å². The van der Waals surface area contributed by atoms with Crippen LogP contribution >= 0.6 is 11.3 Å². The van der Waals surface area contributed by atoms with Crippen molar-refractivity contribution in [2.45, 2.75) is 64.3 Å². The van der Waals surface area contributed by atoms with Gasteiger partial charge in [-0.05, 0) is 81.0 Å². The maximum Gasteiger partial charge on any atom is 0.251 e. The number of fused-ring (bicyclic) bond motifs is 3. The summed E-state index contributed by atoms with van der Waals surface area (Å²) >= 11 is 1.82. The highest BCUT2D eigenvalue weighted by atomic mass is 32.1. The van der Waals surface area contributed by atoms with Crippen LogP contribution in [0.1, 0.15) is 71.3 Å². The maximum atomic E-state index is 12.5. The standard InChI is InChI=1S/C26H30N4OS/c31-25(27-15-14-18-6-2-1-3-7-18)20-12-10-19(11-13-20)16-28-24-23-21-8-4-5-9-22(21)32-26(23)30-17-29-24/h6,10-13,17H,1-5,7-9,14-16H2,(H,27,31)(H,28,29,30). The average molecular weight is 447 g/mol. The molecule has 2 aliphatic rings. The quantitative estimate of drug-likeness (QED) is 0.450. The van der Waals surface area contributed by atoms with Gasteiger partial charge in [0.05, 0.1) is 5.39 Å². The molecule has 5 nitrogen and oxygen atoms in total. The summed E-state index contributed by atoms with van der Waals surface area (Å²) < 4.78 is 0. The number of hydrogen-bond acceptors (Lipinski definition) is 5. The van der Waals surface area contributed by atoms with Crippen molar-refractivity contribution in [3.63, 3.8) is 0 Å². The normalized spacial score (nSPS) is 15.8. The Morgan fingerprint density at radius 3 is 2.69 bits per heavy atom. The van der Waals surface area contributed by atoms with Crippen LogP contribution in [0.2, 0.25) is 0 Å². The smallest absolute Gasteiger partial charge is 0.251 e. The fraction of sp³-hybridized carbons (Fsp3) is 0.423. The third kappa shape index (κ3) is 4.70. The molecule has 2 N–H and O–H groups in total. The van der Waals surface area contributed by atoms with Gasteiger partial charge in [0.15, 0.2) is 0 Å². The molecule has 0 bridgehead atoms. The second-order valence-electron chi connectivity index (χ2n) is 8.78. The van der Waals surface area contributed by atoms with E-state index in [4.69, 9.17) is 0 Å². The number of amides is 1. The molecule has 0 radical (unpaired) electrons. The van der Waals surface area contributed by atoms with Crippen LogP contribution in [0.5, 0.6) is 0 Å². The van der Waals surface area contributed by atoms with E-state index in [0.29, 0.717) is 18.7 Å². The number of nitrogens with one attached hydrogen (secondary N) is 2. The lowest BCUT2D eigenvalue weighted by molar-refractivity contribution is 0.0954. The van der Waals surface area contributed by atoms with Gasteiger partial charge in [-0.2, -0.15) is 0 Å². The van der Waals surface area contributed by atoms with Gasteiger partial charge in [0, 0.05) is 23.5 Å². The highest BCUT2D eigenvalue weighted by molar-refractivity contribution is 7.19. The Labute approximate surface area is 193 Å². The number of carbonyl (C=O) groups is 1. The predicted octanol–water partition coefficient (Wildman–Crippen LogP) is 5.80. The average Bonchev–Trinajstić information content (AvgIpc) is 3.23. The summed E-state index contributed by atoms with van der Waals surface area (Å²) in [4.78, 5) is 24.1. The lowest BCUT2D eigenvalue weighted by Gasteiger charge is -2.13. The molecule has 2 aliphatic carbocycles. The maximum absolute atomic E-state index is 12.5. The summed E-state index contributed by atoms with van der Waals surface area (Å²) in [5.74, 6) is 0.927. The highest BCUT2D eigenvalue weighted by Crippen LogP contribution is 2.38. The lowest BCUT2D eigenvalue weighted by Crippen LogP contribution is -2.24. The Balaban J connectivity index is 1.19. The van der Waals surface area contributed by atoms with E-state index >= 15 is 0 Å². The first-order chi connectivity index (χ1) is 15.8. The summed E-state index contributed by atoms with van der Waals surface area (Å²) in [6.07, 6.45) is 14.7. The molecule has 0 saturated heterocycles. The van der Waals surface area contributed by atoms with Gasteiger partial charge in [0.1, 0.15) is 17.0 Å². The van der Waals surface area contributed by atoms with E-state index in [-0.39, 0.29) is 5.91 Å². The van der Waals surface area contributed by atoms with Gasteiger partial charge in [0.25, 0.3) is 5.91 Å². The Bertz CT molecular complexity index is 1130. The molecule has 166 valence electrons. The molecule has 5 rings (SSSR count). The summed E-state index contributed by atoms with van der Waals surface area (Å²) in [5, 5.41) is 7.77. The molecular formula is C26H30N4OS. The zero-order valence-electron chi connectivity index (χ0n) is 18.5. The SMILES string of the molecule is O=C(NCCC1=CCCCC1)c1ccc(CNc2ncnc3sc4c(c23)CCCC4)cc1. The number of rotatable bonds is 7. The molecule has 0 saturated carbocycles. The minimum atomic E-state index is 0.00308. The van der Waals surface area contributed by atoms with E-state index in [1.54, 1.807) is 6.33 Å². The molecule has 0 aliphatic heterocycles. The van der Waals surface area contributed by atoms with Gasteiger partial charge in [-0.1, -0.05) is 23.8 Å². The van der Waals surface area contributed by atoms with E-state index in [0.717, 1.165) is 35.5 Å². The van der Waals surface area contributed by atoms with E-state index in [9.17, 15) is 4.79 Å². The number of aromatic nitrogens is 2. The fourth-order valence-corrected chi connectivity index (χ4v) is 5.98. The Hall–Kier alpha value is -2.73. The molecule has 6 heteroatoms. The Morgan fingerprint density at radius 2 is 1.84 bits per heavy atom. The van der Waals surface area contributed by atoms with Gasteiger partial charge in [-0.3, -0.25) is 4.79 Å². The number of benzene rings is 1. The van der Waals surface area contributed by atoms with Crippen LogP contribution in [0.3, 0.4) is 0 Å². The summed E-state index contributed by atoms with van der Waals surface area (Å²) in [5.41, 5.74) is 4.77. The van der Waals surface area contributed by atoms with E-state index in [1.165, 1.54) is 59.9 Å². The van der Waals surface area contributed by atoms with Crippen LogP contribution in [0.25, 0.3) is 10.2 Å². The minimum Gasteiger partial charge on any atom is -0.365 e. The zero-order valence-corrected chi connectivity index (χ0v) is 19.3. The first kappa shape index (κ1) is 21.1. The summed E-state index contributed by atoms with van der Waals surface area (Å²) in [6.45, 7) is 1.38. The van der Waals surface area contributed by atoms with Crippen molar-refractivity contribution in [3.05, 3.63) is 63.8 Å². The van der Waals surface area contributed by atoms with Crippen molar-refractivity contribution in [2.24, 2.45) is 0 Å². The van der Waals surface area contributed by atoms with Crippen LogP contribution in [-0.2, 0) is 19.4 Å². The molecule has 3 aromatic rings. The third-order valence-electron chi connectivity index (χ3n) is 6.54. The van der Waals surface area contributed by atoms with E-state index in [2.05, 4.69) is 26.7 Å². The second kappa shape index (κ2) is 9.82. The van der Waals surface area contributed by atoms with Crippen LogP contribution in [0.15, 0.2) is 42.2 Å². The Kier molecular flexibility index (Phi) is 6.49. The van der Waals surface area contributed by atoms with Gasteiger partial charge >= 0.3 is 0 Å². The van der Waals surface area contributed by atoms with Crippen molar-refractivity contribution in [2.75, 3.05) is 11.9 Å². The molecule has 32 heavy (non-hydrogen) atoms. The zero-order chi connectivity index (χ0) is 21.8. The number of hydrogen-bond donors (Lipinski definition) is 2. The van der Waals surface area contributed by atoms with Crippen molar-refractivity contribution >= 4 is 33.3 Å². The number of thiophene rings is 1. The fourth-order valence-electron chi connectivity index (χ4n) is 4.75. The van der Waals surface area contributed by atoms with Crippen LogP contribution < -0.4 is 10.6 Å². The topological polar surface area (TPSA) is 66.9 Å². The largest absolute Gasteiger partial charge is 0.365 e. The molecule has 0 unspecified atom stereocenters. The van der Waals surface area contributed by atoms with Gasteiger partial charge in [-0.25, -0.2) is 9.97 Å². The van der Waals surface area contributed by atoms with Gasteiger partial charge in [0.2, 0.25) is 0 Å². The number of allylic oxidation sites excluding steroid dienone is 1. The first-order valence-electron chi connectivity index (χ1n) is 11.8. The summed E-state index contributed by atoms with van der Waals surface area (Å²) in [6, 6.07) is 7.86. The molecule has 0 spiro atoms. The van der Waals surface area contributed by atoms with Crippen LogP contribution in [-0.4, -0.2) is 22.4 Å². The lowest BCUT2D eigenvalue weighted by atomic mass is 9.97. The molecule has 1 aromatic carbocycles. The Morgan fingerprint density at radius 1 is 1.00 bits per heavy atom. The predicted molar refractivity (Wildman–Crippen MR) is 131 cm³/mol. The number of anilines is 1. The molecule has 0 fully saturated rings. The number of carbonyl (C=O) groups excluding carboxylic acids is 1. The third-order valence-corrected chi connectivity index (χ3v) is 7.74. The molecular weight excluding hydrogens is 416 g/mol. The van der Waals surface area contributed by atoms with Crippen molar-refractivity contribution in [3.8, 4) is 0 Å². The van der Waals surface area contributed by atoms with Crippen molar-refractivity contribution < 1.29 is 4.79 Å². The number of aryl methyl sites for hydroxylation is 2. The number of nitrogens with zero attached hydrogens (tertiary/aromatic N) is 2. The molecule has 0 atom stereocenters. The minimum absolute atomic E-state index is 0.00308. The van der Waals surface area contributed by atoms with E-state index < -0.39 is 0 Å². The monoisotopic (exact) mass is 446 g/mol. The molecule has 2 aromatic heterocycles. The summed E-state index contributed by atoms with van der Waals surface area (Å²) in [7, 11) is 0. The van der Waals surface area contributed by atoms with E-state index in [1.807, 2.05) is 35.6 Å². The molecule has 1 amide bonds. The first-order valence-corrected chi connectivity index (χ1v) is 12.6.